The highest BCUT2D eigenvalue weighted by Crippen LogP contribution is 2.32. The van der Waals surface area contributed by atoms with Crippen molar-refractivity contribution in [3.8, 4) is 11.5 Å². The SMILES string of the molecule is CN(Cc1ccc2c(c1)OCO2)C(=O)C1CNCCO1. The molecule has 1 atom stereocenters. The quantitative estimate of drug-likeness (QED) is 0.865. The van der Waals surface area contributed by atoms with Crippen LogP contribution in [0.15, 0.2) is 18.2 Å². The van der Waals surface area contributed by atoms with Gasteiger partial charge in [0.15, 0.2) is 11.5 Å². The topological polar surface area (TPSA) is 60.0 Å². The Morgan fingerprint density at radius 1 is 1.40 bits per heavy atom. The first-order valence-electron chi connectivity index (χ1n) is 6.70. The van der Waals surface area contributed by atoms with Crippen LogP contribution in [0.1, 0.15) is 5.56 Å². The fraction of sp³-hybridized carbons (Fsp3) is 0.500. The zero-order chi connectivity index (χ0) is 13.9. The van der Waals surface area contributed by atoms with Gasteiger partial charge in [-0.2, -0.15) is 0 Å². The molecule has 1 saturated heterocycles. The van der Waals surface area contributed by atoms with Gasteiger partial charge in [0.1, 0.15) is 6.10 Å². The Hall–Kier alpha value is -1.79. The van der Waals surface area contributed by atoms with Crippen molar-refractivity contribution in [3.63, 3.8) is 0 Å². The molecule has 1 aromatic carbocycles. The van der Waals surface area contributed by atoms with Crippen LogP contribution >= 0.6 is 0 Å². The number of nitrogens with one attached hydrogen (secondary N) is 1. The number of benzene rings is 1. The van der Waals surface area contributed by atoms with Gasteiger partial charge in [-0.3, -0.25) is 4.79 Å². The third-order valence-electron chi connectivity index (χ3n) is 3.44. The number of carbonyl (C=O) groups excluding carboxylic acids is 1. The van der Waals surface area contributed by atoms with Crippen molar-refractivity contribution in [2.75, 3.05) is 33.5 Å². The second kappa shape index (κ2) is 5.68. The molecule has 0 saturated carbocycles. The van der Waals surface area contributed by atoms with Gasteiger partial charge in [-0.05, 0) is 17.7 Å². The van der Waals surface area contributed by atoms with Gasteiger partial charge >= 0.3 is 0 Å². The van der Waals surface area contributed by atoms with Crippen LogP contribution in [0, 0.1) is 0 Å². The molecule has 1 amide bonds. The van der Waals surface area contributed by atoms with E-state index in [1.165, 1.54) is 0 Å². The van der Waals surface area contributed by atoms with Crippen molar-refractivity contribution in [1.29, 1.82) is 0 Å². The molecule has 20 heavy (non-hydrogen) atoms. The number of likely N-dealkylation sites (N-methyl/N-ethyl adjacent to an activating group) is 1. The maximum absolute atomic E-state index is 12.2. The highest BCUT2D eigenvalue weighted by Gasteiger charge is 2.25. The Kier molecular flexibility index (Phi) is 3.75. The molecule has 0 spiro atoms. The summed E-state index contributed by atoms with van der Waals surface area (Å²) in [5.74, 6) is 1.48. The summed E-state index contributed by atoms with van der Waals surface area (Å²) in [6, 6.07) is 5.72. The molecule has 2 heterocycles. The lowest BCUT2D eigenvalue weighted by Crippen LogP contribution is -2.48. The first-order chi connectivity index (χ1) is 9.74. The smallest absolute Gasteiger partial charge is 0.253 e. The van der Waals surface area contributed by atoms with Gasteiger partial charge in [0.2, 0.25) is 6.79 Å². The molecule has 6 heteroatoms. The summed E-state index contributed by atoms with van der Waals surface area (Å²) in [6.07, 6.45) is -0.386. The number of amides is 1. The number of morpholine rings is 1. The van der Waals surface area contributed by atoms with Gasteiger partial charge < -0.3 is 24.4 Å². The number of hydrogen-bond acceptors (Lipinski definition) is 5. The predicted molar refractivity (Wildman–Crippen MR) is 71.6 cm³/mol. The van der Waals surface area contributed by atoms with Crippen molar-refractivity contribution in [3.05, 3.63) is 23.8 Å². The fourth-order valence-corrected chi connectivity index (χ4v) is 2.36. The van der Waals surface area contributed by atoms with Crippen LogP contribution < -0.4 is 14.8 Å². The van der Waals surface area contributed by atoms with E-state index in [2.05, 4.69) is 5.32 Å². The number of nitrogens with zero attached hydrogens (tertiary/aromatic N) is 1. The van der Waals surface area contributed by atoms with E-state index < -0.39 is 0 Å². The normalized spacial score (nSPS) is 20.8. The predicted octanol–water partition coefficient (Wildman–Crippen LogP) is 0.362. The number of carbonyl (C=O) groups is 1. The number of hydrogen-bond donors (Lipinski definition) is 1. The second-order valence-electron chi connectivity index (χ2n) is 4.95. The highest BCUT2D eigenvalue weighted by atomic mass is 16.7. The monoisotopic (exact) mass is 278 g/mol. The first-order valence-corrected chi connectivity index (χ1v) is 6.70. The van der Waals surface area contributed by atoms with E-state index in [4.69, 9.17) is 14.2 Å². The summed E-state index contributed by atoms with van der Waals surface area (Å²) in [4.78, 5) is 13.9. The molecule has 2 aliphatic heterocycles. The van der Waals surface area contributed by atoms with E-state index in [1.54, 1.807) is 11.9 Å². The van der Waals surface area contributed by atoms with E-state index in [-0.39, 0.29) is 18.8 Å². The number of fused-ring (bicyclic) bond motifs is 1. The van der Waals surface area contributed by atoms with E-state index in [9.17, 15) is 4.79 Å². The van der Waals surface area contributed by atoms with Crippen molar-refractivity contribution in [2.24, 2.45) is 0 Å². The second-order valence-corrected chi connectivity index (χ2v) is 4.95. The van der Waals surface area contributed by atoms with Crippen LogP contribution in [0.25, 0.3) is 0 Å². The van der Waals surface area contributed by atoms with Crippen LogP contribution in [0.2, 0.25) is 0 Å². The molecular weight excluding hydrogens is 260 g/mol. The fourth-order valence-electron chi connectivity index (χ4n) is 2.36. The maximum atomic E-state index is 12.2. The lowest BCUT2D eigenvalue weighted by atomic mass is 10.2. The summed E-state index contributed by atoms with van der Waals surface area (Å²) in [5, 5.41) is 3.16. The molecule has 1 unspecified atom stereocenters. The minimum atomic E-state index is -0.386. The number of ether oxygens (including phenoxy) is 3. The molecule has 1 N–H and O–H groups in total. The van der Waals surface area contributed by atoms with Gasteiger partial charge in [0, 0.05) is 26.7 Å². The van der Waals surface area contributed by atoms with Gasteiger partial charge in [-0.15, -0.1) is 0 Å². The van der Waals surface area contributed by atoms with Crippen LogP contribution in [0.4, 0.5) is 0 Å². The van der Waals surface area contributed by atoms with Crippen molar-refractivity contribution >= 4 is 5.91 Å². The zero-order valence-corrected chi connectivity index (χ0v) is 11.4. The molecular formula is C14H18N2O4. The average molecular weight is 278 g/mol. The molecule has 3 rings (SSSR count). The van der Waals surface area contributed by atoms with E-state index in [1.807, 2.05) is 18.2 Å². The van der Waals surface area contributed by atoms with Crippen LogP contribution in [0.3, 0.4) is 0 Å². The molecule has 2 aliphatic rings. The van der Waals surface area contributed by atoms with Gasteiger partial charge in [-0.1, -0.05) is 6.07 Å². The Morgan fingerprint density at radius 3 is 3.05 bits per heavy atom. The Balaban J connectivity index is 1.63. The van der Waals surface area contributed by atoms with Crippen LogP contribution in [0.5, 0.6) is 11.5 Å². The molecule has 1 aromatic rings. The molecule has 1 fully saturated rings. The third-order valence-corrected chi connectivity index (χ3v) is 3.44. The Bertz CT molecular complexity index is 500. The minimum Gasteiger partial charge on any atom is -0.454 e. The average Bonchev–Trinajstić information content (AvgIpc) is 2.95. The van der Waals surface area contributed by atoms with Crippen LogP contribution in [-0.4, -0.2) is 50.4 Å². The van der Waals surface area contributed by atoms with E-state index in [0.29, 0.717) is 19.7 Å². The lowest BCUT2D eigenvalue weighted by Gasteiger charge is -2.27. The molecule has 0 aliphatic carbocycles. The summed E-state index contributed by atoms with van der Waals surface area (Å²) < 4.78 is 16.1. The zero-order valence-electron chi connectivity index (χ0n) is 11.4. The van der Waals surface area contributed by atoms with Crippen molar-refractivity contribution in [2.45, 2.75) is 12.6 Å². The lowest BCUT2D eigenvalue weighted by molar-refractivity contribution is -0.144. The van der Waals surface area contributed by atoms with Crippen LogP contribution in [-0.2, 0) is 16.1 Å². The van der Waals surface area contributed by atoms with E-state index in [0.717, 1.165) is 23.6 Å². The summed E-state index contributed by atoms with van der Waals surface area (Å²) in [5.41, 5.74) is 1.01. The van der Waals surface area contributed by atoms with Crippen molar-refractivity contribution in [1.82, 2.24) is 10.2 Å². The summed E-state index contributed by atoms with van der Waals surface area (Å²) in [6.45, 7) is 2.73. The van der Waals surface area contributed by atoms with Gasteiger partial charge in [0.05, 0.1) is 6.61 Å². The van der Waals surface area contributed by atoms with E-state index >= 15 is 0 Å². The summed E-state index contributed by atoms with van der Waals surface area (Å²) >= 11 is 0. The van der Waals surface area contributed by atoms with Gasteiger partial charge in [0.25, 0.3) is 5.91 Å². The summed E-state index contributed by atoms with van der Waals surface area (Å²) in [7, 11) is 1.78. The minimum absolute atomic E-state index is 0.00475. The Morgan fingerprint density at radius 2 is 2.25 bits per heavy atom. The molecule has 6 nitrogen and oxygen atoms in total. The third kappa shape index (κ3) is 2.71. The molecule has 0 aromatic heterocycles. The van der Waals surface area contributed by atoms with Gasteiger partial charge in [-0.25, -0.2) is 0 Å². The maximum Gasteiger partial charge on any atom is 0.253 e. The molecule has 0 bridgehead atoms. The Labute approximate surface area is 117 Å². The molecule has 0 radical (unpaired) electrons. The number of rotatable bonds is 3. The van der Waals surface area contributed by atoms with Crippen molar-refractivity contribution < 1.29 is 19.0 Å². The molecule has 108 valence electrons. The highest BCUT2D eigenvalue weighted by molar-refractivity contribution is 5.81. The largest absolute Gasteiger partial charge is 0.454 e. The first kappa shape index (κ1) is 13.2. The standard InChI is InChI=1S/C14H18N2O4/c1-16(14(17)13-7-15-4-5-18-13)8-10-2-3-11-12(6-10)20-9-19-11/h2-3,6,13,15H,4-5,7-9H2,1H3.